The molecule has 1 saturated heterocycles. The molecule has 8 nitrogen and oxygen atoms in total. The predicted molar refractivity (Wildman–Crippen MR) is 91.0 cm³/mol. The SMILES string of the molecule is O=C(COC(=O)c1ccc(Cl)cc1F)NN1C(=O)NC2(CCCCC2)C1=O. The third kappa shape index (κ3) is 3.87. The smallest absolute Gasteiger partial charge is 0.344 e. The number of hydrogen-bond donors (Lipinski definition) is 2. The summed E-state index contributed by atoms with van der Waals surface area (Å²) in [6.45, 7) is -0.787. The van der Waals surface area contributed by atoms with Crippen molar-refractivity contribution in [3.8, 4) is 0 Å². The molecule has 1 heterocycles. The van der Waals surface area contributed by atoms with Gasteiger partial charge in [-0.2, -0.15) is 5.01 Å². The van der Waals surface area contributed by atoms with E-state index in [1.165, 1.54) is 6.07 Å². The number of halogens is 2. The summed E-state index contributed by atoms with van der Waals surface area (Å²) in [5, 5.41) is 3.34. The van der Waals surface area contributed by atoms with Gasteiger partial charge in [-0.15, -0.1) is 0 Å². The molecule has 10 heteroatoms. The van der Waals surface area contributed by atoms with Crippen LogP contribution in [0.15, 0.2) is 18.2 Å². The van der Waals surface area contributed by atoms with Gasteiger partial charge in [-0.1, -0.05) is 30.9 Å². The van der Waals surface area contributed by atoms with Gasteiger partial charge in [0.05, 0.1) is 5.56 Å². The average molecular weight is 398 g/mol. The lowest BCUT2D eigenvalue weighted by Gasteiger charge is -2.30. The first-order valence-electron chi connectivity index (χ1n) is 8.41. The molecule has 3 rings (SSSR count). The molecule has 0 atom stereocenters. The second kappa shape index (κ2) is 7.51. The van der Waals surface area contributed by atoms with E-state index in [1.54, 1.807) is 0 Å². The molecule has 0 radical (unpaired) electrons. The Balaban J connectivity index is 1.57. The molecule has 27 heavy (non-hydrogen) atoms. The maximum absolute atomic E-state index is 13.7. The molecule has 144 valence electrons. The number of carbonyl (C=O) groups is 4. The Kier molecular flexibility index (Phi) is 5.31. The Hall–Kier alpha value is -2.68. The summed E-state index contributed by atoms with van der Waals surface area (Å²) in [6.07, 6.45) is 3.61. The molecule has 1 saturated carbocycles. The van der Waals surface area contributed by atoms with E-state index in [-0.39, 0.29) is 10.6 Å². The normalized spacial score (nSPS) is 18.4. The van der Waals surface area contributed by atoms with Crippen LogP contribution in [0.4, 0.5) is 9.18 Å². The number of nitrogens with zero attached hydrogens (tertiary/aromatic N) is 1. The maximum atomic E-state index is 13.7. The summed E-state index contributed by atoms with van der Waals surface area (Å²) in [5.41, 5.74) is 0.755. The number of amides is 4. The summed E-state index contributed by atoms with van der Waals surface area (Å²) < 4.78 is 18.4. The molecule has 2 N–H and O–H groups in total. The van der Waals surface area contributed by atoms with Crippen LogP contribution in [0, 0.1) is 5.82 Å². The van der Waals surface area contributed by atoms with Crippen molar-refractivity contribution in [3.63, 3.8) is 0 Å². The predicted octanol–water partition coefficient (Wildman–Crippen LogP) is 1.92. The van der Waals surface area contributed by atoms with E-state index >= 15 is 0 Å². The van der Waals surface area contributed by atoms with Gasteiger partial charge in [0, 0.05) is 5.02 Å². The zero-order chi connectivity index (χ0) is 19.6. The van der Waals surface area contributed by atoms with Gasteiger partial charge in [0.25, 0.3) is 11.8 Å². The Morgan fingerprint density at radius 2 is 1.96 bits per heavy atom. The minimum absolute atomic E-state index is 0.108. The molecule has 4 amide bonds. The second-order valence-electron chi connectivity index (χ2n) is 6.45. The van der Waals surface area contributed by atoms with Gasteiger partial charge in [0.2, 0.25) is 0 Å². The fourth-order valence-electron chi connectivity index (χ4n) is 3.24. The van der Waals surface area contributed by atoms with Crippen LogP contribution >= 0.6 is 11.6 Å². The van der Waals surface area contributed by atoms with Crippen molar-refractivity contribution in [1.82, 2.24) is 15.8 Å². The lowest BCUT2D eigenvalue weighted by Crippen LogP contribution is -2.51. The highest BCUT2D eigenvalue weighted by Gasteiger charge is 2.52. The van der Waals surface area contributed by atoms with Crippen LogP contribution in [0.25, 0.3) is 0 Å². The van der Waals surface area contributed by atoms with Crippen molar-refractivity contribution in [3.05, 3.63) is 34.6 Å². The lowest BCUT2D eigenvalue weighted by atomic mass is 9.82. The fourth-order valence-corrected chi connectivity index (χ4v) is 3.40. The van der Waals surface area contributed by atoms with E-state index in [0.717, 1.165) is 31.4 Å². The monoisotopic (exact) mass is 397 g/mol. The van der Waals surface area contributed by atoms with Crippen LogP contribution in [-0.4, -0.2) is 41.0 Å². The number of benzene rings is 1. The summed E-state index contributed by atoms with van der Waals surface area (Å²) in [4.78, 5) is 48.4. The number of ether oxygens (including phenoxy) is 1. The zero-order valence-corrected chi connectivity index (χ0v) is 15.0. The maximum Gasteiger partial charge on any atom is 0.344 e. The molecule has 1 spiro atoms. The highest BCUT2D eigenvalue weighted by atomic mass is 35.5. The summed E-state index contributed by atoms with van der Waals surface area (Å²) in [7, 11) is 0. The Morgan fingerprint density at radius 3 is 2.63 bits per heavy atom. The summed E-state index contributed by atoms with van der Waals surface area (Å²) in [6, 6.07) is 2.64. The first-order valence-corrected chi connectivity index (χ1v) is 8.78. The molecular weight excluding hydrogens is 381 g/mol. The van der Waals surface area contributed by atoms with Gasteiger partial charge in [-0.25, -0.2) is 14.0 Å². The van der Waals surface area contributed by atoms with E-state index in [0.29, 0.717) is 17.9 Å². The van der Waals surface area contributed by atoms with Crippen molar-refractivity contribution >= 4 is 35.4 Å². The molecular formula is C17H17ClFN3O5. The Labute approximate surface area is 158 Å². The van der Waals surface area contributed by atoms with Gasteiger partial charge in [0.1, 0.15) is 11.4 Å². The van der Waals surface area contributed by atoms with E-state index in [9.17, 15) is 23.6 Å². The molecule has 2 aliphatic rings. The number of hydrogen-bond acceptors (Lipinski definition) is 5. The molecule has 1 aromatic carbocycles. The number of imide groups is 1. The quantitative estimate of drug-likeness (QED) is 0.596. The number of nitrogens with one attached hydrogen (secondary N) is 2. The first-order chi connectivity index (χ1) is 12.8. The van der Waals surface area contributed by atoms with Gasteiger partial charge < -0.3 is 10.1 Å². The van der Waals surface area contributed by atoms with Crippen molar-refractivity contribution < 1.29 is 28.3 Å². The van der Waals surface area contributed by atoms with Crippen LogP contribution < -0.4 is 10.7 Å². The molecule has 1 aromatic rings. The van der Waals surface area contributed by atoms with Crippen molar-refractivity contribution in [1.29, 1.82) is 0 Å². The number of rotatable bonds is 4. The molecule has 0 unspecified atom stereocenters. The van der Waals surface area contributed by atoms with Crippen molar-refractivity contribution in [2.45, 2.75) is 37.6 Å². The second-order valence-corrected chi connectivity index (χ2v) is 6.89. The minimum Gasteiger partial charge on any atom is -0.452 e. The molecule has 1 aliphatic carbocycles. The van der Waals surface area contributed by atoms with Gasteiger partial charge in [-0.05, 0) is 31.0 Å². The van der Waals surface area contributed by atoms with Gasteiger partial charge in [-0.3, -0.25) is 15.0 Å². The highest BCUT2D eigenvalue weighted by molar-refractivity contribution is 6.30. The molecule has 0 bridgehead atoms. The van der Waals surface area contributed by atoms with E-state index in [2.05, 4.69) is 10.7 Å². The number of urea groups is 1. The largest absolute Gasteiger partial charge is 0.452 e. The average Bonchev–Trinajstić information content (AvgIpc) is 2.84. The van der Waals surface area contributed by atoms with Gasteiger partial charge in [0.15, 0.2) is 6.61 Å². The molecule has 0 aromatic heterocycles. The van der Waals surface area contributed by atoms with E-state index in [1.807, 2.05) is 0 Å². The highest BCUT2D eigenvalue weighted by Crippen LogP contribution is 2.32. The zero-order valence-electron chi connectivity index (χ0n) is 14.2. The summed E-state index contributed by atoms with van der Waals surface area (Å²) in [5.74, 6) is -3.38. The number of carbonyl (C=O) groups excluding carboxylic acids is 4. The minimum atomic E-state index is -1.07. The van der Waals surface area contributed by atoms with Crippen LogP contribution in [-0.2, 0) is 14.3 Å². The third-order valence-corrected chi connectivity index (χ3v) is 4.83. The number of hydrazine groups is 1. The Bertz CT molecular complexity index is 810. The fraction of sp³-hybridized carbons (Fsp3) is 0.412. The lowest BCUT2D eigenvalue weighted by molar-refractivity contribution is -0.140. The van der Waals surface area contributed by atoms with Gasteiger partial charge >= 0.3 is 12.0 Å². The van der Waals surface area contributed by atoms with E-state index in [4.69, 9.17) is 16.3 Å². The van der Waals surface area contributed by atoms with Crippen molar-refractivity contribution in [2.75, 3.05) is 6.61 Å². The topological polar surface area (TPSA) is 105 Å². The first kappa shape index (κ1) is 19.1. The van der Waals surface area contributed by atoms with Crippen LogP contribution in [0.1, 0.15) is 42.5 Å². The van der Waals surface area contributed by atoms with Crippen LogP contribution in [0.5, 0.6) is 0 Å². The van der Waals surface area contributed by atoms with Crippen LogP contribution in [0.3, 0.4) is 0 Å². The molecule has 2 fully saturated rings. The van der Waals surface area contributed by atoms with Crippen LogP contribution in [0.2, 0.25) is 5.02 Å². The van der Waals surface area contributed by atoms with Crippen molar-refractivity contribution in [2.24, 2.45) is 0 Å². The Morgan fingerprint density at radius 1 is 1.26 bits per heavy atom. The third-order valence-electron chi connectivity index (χ3n) is 4.59. The summed E-state index contributed by atoms with van der Waals surface area (Å²) >= 11 is 5.60. The standard InChI is InChI=1S/C17H17ClFN3O5/c18-10-4-5-11(12(19)8-10)14(24)27-9-13(23)21-22-15(25)17(20-16(22)26)6-2-1-3-7-17/h4-5,8H,1-3,6-7,9H2,(H,20,26)(H,21,23). The number of esters is 1. The van der Waals surface area contributed by atoms with E-state index < -0.39 is 41.8 Å². The molecule has 1 aliphatic heterocycles.